The Morgan fingerprint density at radius 3 is 3.11 bits per heavy atom. The normalized spacial score (nSPS) is 9.61. The van der Waals surface area contributed by atoms with E-state index in [-0.39, 0.29) is 18.0 Å². The minimum atomic E-state index is -0.382. The zero-order valence-electron chi connectivity index (χ0n) is 9.80. The van der Waals surface area contributed by atoms with Crippen molar-refractivity contribution in [3.63, 3.8) is 0 Å². The van der Waals surface area contributed by atoms with Gasteiger partial charge in [0.05, 0.1) is 12.2 Å². The first kappa shape index (κ1) is 11.9. The van der Waals surface area contributed by atoms with Crippen LogP contribution in [-0.2, 0) is 11.3 Å². The summed E-state index contributed by atoms with van der Waals surface area (Å²) < 4.78 is 1.44. The van der Waals surface area contributed by atoms with Crippen molar-refractivity contribution in [2.24, 2.45) is 0 Å². The van der Waals surface area contributed by atoms with Crippen LogP contribution in [0, 0.1) is 11.8 Å². The molecule has 0 radical (unpaired) electrons. The number of fused-ring (bicyclic) bond motifs is 1. The molecular formula is C13H11N3O2. The molecule has 0 atom stereocenters. The average Bonchev–Trinajstić information content (AvgIpc) is 2.37. The molecule has 2 aromatic rings. The second kappa shape index (κ2) is 5.15. The fraction of sp³-hybridized carbons (Fsp3) is 0.154. The topological polar surface area (TPSA) is 63.5 Å². The van der Waals surface area contributed by atoms with Crippen LogP contribution in [0.4, 0.5) is 0 Å². The zero-order valence-corrected chi connectivity index (χ0v) is 9.80. The molecule has 2 aromatic heterocycles. The highest BCUT2D eigenvalue weighted by molar-refractivity contribution is 5.93. The molecule has 0 bridgehead atoms. The molecule has 1 N–H and O–H groups in total. The van der Waals surface area contributed by atoms with E-state index in [2.05, 4.69) is 22.1 Å². The van der Waals surface area contributed by atoms with Gasteiger partial charge < -0.3 is 5.32 Å². The zero-order chi connectivity index (χ0) is 13.0. The first-order chi connectivity index (χ1) is 8.70. The molecule has 0 saturated carbocycles. The lowest BCUT2D eigenvalue weighted by Crippen LogP contribution is -2.23. The molecule has 2 heterocycles. The van der Waals surface area contributed by atoms with Crippen molar-refractivity contribution >= 4 is 11.6 Å². The third kappa shape index (κ3) is 2.55. The predicted octanol–water partition coefficient (Wildman–Crippen LogP) is 0.334. The average molecular weight is 241 g/mol. The Kier molecular flexibility index (Phi) is 3.39. The van der Waals surface area contributed by atoms with Gasteiger partial charge in [0.2, 0.25) is 0 Å². The molecule has 90 valence electrons. The number of carbonyl (C=O) groups is 1. The molecule has 0 aliphatic rings. The van der Waals surface area contributed by atoms with Gasteiger partial charge in [0.15, 0.2) is 0 Å². The van der Waals surface area contributed by atoms with Crippen LogP contribution in [0.5, 0.6) is 0 Å². The molecule has 0 aliphatic carbocycles. The summed E-state index contributed by atoms with van der Waals surface area (Å²) in [4.78, 5) is 27.2. The van der Waals surface area contributed by atoms with E-state index in [9.17, 15) is 9.59 Å². The monoisotopic (exact) mass is 241 g/mol. The van der Waals surface area contributed by atoms with Gasteiger partial charge in [0, 0.05) is 12.3 Å². The lowest BCUT2D eigenvalue weighted by atomic mass is 10.3. The number of hydrogen-bond acceptors (Lipinski definition) is 3. The second-order valence-corrected chi connectivity index (χ2v) is 3.57. The molecule has 5 heteroatoms. The number of pyridine rings is 1. The Balaban J connectivity index is 2.26. The van der Waals surface area contributed by atoms with Crippen LogP contribution in [-0.4, -0.2) is 15.3 Å². The molecule has 2 rings (SSSR count). The molecule has 0 saturated heterocycles. The van der Waals surface area contributed by atoms with Crippen molar-refractivity contribution in [3.05, 3.63) is 46.5 Å². The van der Waals surface area contributed by atoms with Crippen LogP contribution >= 0.6 is 0 Å². The number of hydrogen-bond donors (Lipinski definition) is 1. The highest BCUT2D eigenvalue weighted by atomic mass is 16.1. The lowest BCUT2D eigenvalue weighted by Gasteiger charge is -2.03. The number of rotatable bonds is 2. The van der Waals surface area contributed by atoms with Crippen molar-refractivity contribution in [2.75, 3.05) is 0 Å². The maximum Gasteiger partial charge on any atom is 0.296 e. The minimum Gasteiger partial charge on any atom is -0.340 e. The van der Waals surface area contributed by atoms with Crippen LogP contribution in [0.2, 0.25) is 0 Å². The summed E-state index contributed by atoms with van der Waals surface area (Å²) in [7, 11) is 0. The van der Waals surface area contributed by atoms with E-state index in [0.29, 0.717) is 11.3 Å². The summed E-state index contributed by atoms with van der Waals surface area (Å²) >= 11 is 0. The van der Waals surface area contributed by atoms with E-state index in [1.165, 1.54) is 10.5 Å². The number of nitrogens with zero attached hydrogens (tertiary/aromatic N) is 2. The van der Waals surface area contributed by atoms with Crippen molar-refractivity contribution in [1.29, 1.82) is 0 Å². The summed E-state index contributed by atoms with van der Waals surface area (Å²) in [5.41, 5.74) is 0.889. The minimum absolute atomic E-state index is 0.175. The smallest absolute Gasteiger partial charge is 0.296 e. The Morgan fingerprint density at radius 1 is 1.50 bits per heavy atom. The van der Waals surface area contributed by atoms with Gasteiger partial charge in [0.1, 0.15) is 5.65 Å². The summed E-state index contributed by atoms with van der Waals surface area (Å²) in [5, 5.41) is 2.57. The van der Waals surface area contributed by atoms with Crippen LogP contribution < -0.4 is 10.9 Å². The van der Waals surface area contributed by atoms with E-state index in [4.69, 9.17) is 0 Å². The molecule has 5 nitrogen and oxygen atoms in total. The van der Waals surface area contributed by atoms with Gasteiger partial charge >= 0.3 is 0 Å². The quantitative estimate of drug-likeness (QED) is 0.771. The summed E-state index contributed by atoms with van der Waals surface area (Å²) in [6, 6.07) is 6.69. The van der Waals surface area contributed by atoms with E-state index in [0.717, 1.165) is 0 Å². The standard InChI is InChI=1S/C13H11N3O2/c1-2-5-12(17)14-9-10-8-13(18)16-7-4-3-6-11(16)15-10/h3-4,6-8H,9H2,1H3,(H,14,17). The predicted molar refractivity (Wildman–Crippen MR) is 66.8 cm³/mol. The molecule has 0 fully saturated rings. The van der Waals surface area contributed by atoms with E-state index in [1.54, 1.807) is 31.3 Å². The maximum absolute atomic E-state index is 11.8. The van der Waals surface area contributed by atoms with E-state index in [1.807, 2.05) is 0 Å². The Morgan fingerprint density at radius 2 is 2.33 bits per heavy atom. The van der Waals surface area contributed by atoms with E-state index < -0.39 is 0 Å². The van der Waals surface area contributed by atoms with Gasteiger partial charge in [-0.1, -0.05) is 12.0 Å². The highest BCUT2D eigenvalue weighted by Crippen LogP contribution is 1.98. The SMILES string of the molecule is CC#CC(=O)NCc1cc(=O)n2ccccc2n1. The summed E-state index contributed by atoms with van der Waals surface area (Å²) in [6.45, 7) is 1.77. The third-order valence-electron chi connectivity index (χ3n) is 2.29. The first-order valence-corrected chi connectivity index (χ1v) is 5.38. The van der Waals surface area contributed by atoms with Gasteiger partial charge in [-0.2, -0.15) is 0 Å². The van der Waals surface area contributed by atoms with Gasteiger partial charge in [-0.3, -0.25) is 14.0 Å². The number of nitrogens with one attached hydrogen (secondary N) is 1. The molecular weight excluding hydrogens is 230 g/mol. The molecule has 0 unspecified atom stereocenters. The molecule has 1 amide bonds. The van der Waals surface area contributed by atoms with Crippen molar-refractivity contribution in [2.45, 2.75) is 13.5 Å². The second-order valence-electron chi connectivity index (χ2n) is 3.57. The Bertz CT molecular complexity index is 707. The van der Waals surface area contributed by atoms with Gasteiger partial charge in [-0.25, -0.2) is 4.98 Å². The van der Waals surface area contributed by atoms with Gasteiger partial charge in [0.25, 0.3) is 11.5 Å². The van der Waals surface area contributed by atoms with Gasteiger partial charge in [-0.05, 0) is 25.0 Å². The van der Waals surface area contributed by atoms with Crippen molar-refractivity contribution < 1.29 is 4.79 Å². The lowest BCUT2D eigenvalue weighted by molar-refractivity contribution is -0.115. The van der Waals surface area contributed by atoms with Crippen LogP contribution in [0.3, 0.4) is 0 Å². The first-order valence-electron chi connectivity index (χ1n) is 5.38. The third-order valence-corrected chi connectivity index (χ3v) is 2.29. The molecule has 0 aliphatic heterocycles. The van der Waals surface area contributed by atoms with Crippen molar-refractivity contribution in [1.82, 2.24) is 14.7 Å². The van der Waals surface area contributed by atoms with Crippen LogP contribution in [0.15, 0.2) is 35.3 Å². The fourth-order valence-corrected chi connectivity index (χ4v) is 1.52. The summed E-state index contributed by atoms with van der Waals surface area (Å²) in [6.07, 6.45) is 1.65. The Hall–Kier alpha value is -2.61. The largest absolute Gasteiger partial charge is 0.340 e. The van der Waals surface area contributed by atoms with Crippen LogP contribution in [0.1, 0.15) is 12.6 Å². The van der Waals surface area contributed by atoms with Gasteiger partial charge in [-0.15, -0.1) is 0 Å². The highest BCUT2D eigenvalue weighted by Gasteiger charge is 2.02. The van der Waals surface area contributed by atoms with Crippen LogP contribution in [0.25, 0.3) is 5.65 Å². The van der Waals surface area contributed by atoms with E-state index >= 15 is 0 Å². The van der Waals surface area contributed by atoms with Crippen molar-refractivity contribution in [3.8, 4) is 11.8 Å². The number of aromatic nitrogens is 2. The summed E-state index contributed by atoms with van der Waals surface area (Å²) in [5.74, 6) is 4.47. The molecule has 0 spiro atoms. The molecule has 18 heavy (non-hydrogen) atoms. The number of carbonyl (C=O) groups excluding carboxylic acids is 1. The molecule has 0 aromatic carbocycles. The maximum atomic E-state index is 11.8. The fourth-order valence-electron chi connectivity index (χ4n) is 1.52. The Labute approximate surface area is 103 Å². The number of amides is 1.